The predicted octanol–water partition coefficient (Wildman–Crippen LogP) is -7.58. The molecular formula is C29H55N7O14. The normalized spacial score (nSPS) is 43.6. The van der Waals surface area contributed by atoms with Crippen molar-refractivity contribution < 1.29 is 69.1 Å². The number of hydrogen-bond donors (Lipinski definition) is 13. The maximum absolute atomic E-state index is 12.7. The summed E-state index contributed by atoms with van der Waals surface area (Å²) in [5.41, 5.74) is 30.0. The van der Waals surface area contributed by atoms with Crippen LogP contribution in [-0.2, 0) is 33.2 Å². The first-order chi connectivity index (χ1) is 23.8. The number of amides is 1. The summed E-state index contributed by atoms with van der Waals surface area (Å²) in [5.74, 6) is -1.58. The Morgan fingerprint density at radius 1 is 0.840 bits per heavy atom. The summed E-state index contributed by atoms with van der Waals surface area (Å²) < 4.78 is 35.7. The fourth-order valence-electron chi connectivity index (χ4n) is 6.53. The molecule has 4 rings (SSSR count). The Hall–Kier alpha value is -1.55. The van der Waals surface area contributed by atoms with Gasteiger partial charge in [0.15, 0.2) is 18.9 Å². The van der Waals surface area contributed by atoms with Gasteiger partial charge in [-0.05, 0) is 12.3 Å². The van der Waals surface area contributed by atoms with Crippen LogP contribution in [0.4, 0.5) is 0 Å². The molecular weight excluding hydrogens is 670 g/mol. The third-order valence-electron chi connectivity index (χ3n) is 9.34. The van der Waals surface area contributed by atoms with Crippen molar-refractivity contribution in [2.45, 2.75) is 111 Å². The summed E-state index contributed by atoms with van der Waals surface area (Å²) in [6, 6.07) is -2.93. The maximum atomic E-state index is 12.7. The molecule has 0 aromatic heterocycles. The molecule has 1 saturated carbocycles. The fraction of sp³-hybridized carbons (Fsp3) is 0.897. The number of aliphatic hydroxyl groups is 6. The Balaban J connectivity index is 1.54. The molecule has 50 heavy (non-hydrogen) atoms. The van der Waals surface area contributed by atoms with Gasteiger partial charge in [0.1, 0.15) is 48.8 Å². The lowest BCUT2D eigenvalue weighted by atomic mass is 9.77. The first-order valence-corrected chi connectivity index (χ1v) is 16.8. The van der Waals surface area contributed by atoms with Gasteiger partial charge in [0, 0.05) is 38.6 Å². The minimum Gasteiger partial charge on any atom is -0.395 e. The molecule has 0 radical (unpaired) electrons. The predicted molar refractivity (Wildman–Crippen MR) is 169 cm³/mol. The minimum absolute atomic E-state index is 0.00137. The molecule has 0 bridgehead atoms. The van der Waals surface area contributed by atoms with E-state index in [1.807, 2.05) is 0 Å². The average molecular weight is 726 g/mol. The van der Waals surface area contributed by atoms with E-state index in [9.17, 15) is 35.5 Å². The highest BCUT2D eigenvalue weighted by Gasteiger charge is 2.54. The number of hydroxylamine groups is 2. The highest BCUT2D eigenvalue weighted by atomic mass is 16.8. The lowest BCUT2D eigenvalue weighted by Gasteiger charge is -2.46. The van der Waals surface area contributed by atoms with Gasteiger partial charge < -0.3 is 93.0 Å². The largest absolute Gasteiger partial charge is 0.395 e. The molecule has 1 aliphatic carbocycles. The van der Waals surface area contributed by atoms with Crippen LogP contribution in [0.3, 0.4) is 0 Å². The van der Waals surface area contributed by atoms with Gasteiger partial charge in [-0.2, -0.15) is 0 Å². The zero-order chi connectivity index (χ0) is 36.7. The minimum atomic E-state index is -1.65. The molecule has 1 amide bonds. The summed E-state index contributed by atoms with van der Waals surface area (Å²) in [6.07, 6.45) is -13.6. The number of hydrogen-bond acceptors (Lipinski definition) is 20. The number of nitrogens with one attached hydrogen (secondary N) is 1. The zero-order valence-electron chi connectivity index (χ0n) is 27.7. The van der Waals surface area contributed by atoms with Gasteiger partial charge in [-0.1, -0.05) is 12.2 Å². The van der Waals surface area contributed by atoms with Crippen molar-refractivity contribution >= 4 is 5.91 Å². The third-order valence-corrected chi connectivity index (χ3v) is 9.34. The highest BCUT2D eigenvalue weighted by molar-refractivity contribution is 5.75. The SMILES string of the molecule is NCCN(O)C(=O)C[C@@H]1C[C@H](N)[C@@H](O[C@H]2O[C@H](CNCCO)C=C[C@H]2N)[C@H](O[C@@H]2O[C@H](CO)[C@@H](O[C@H]3O[C@@H](CN)[C@@H](O)[C@H](O)[C@H]3N)[C@H]2O)[C@H]1O. The molecule has 3 fully saturated rings. The van der Waals surface area contributed by atoms with E-state index in [1.54, 1.807) is 12.2 Å². The van der Waals surface area contributed by atoms with Crippen LogP contribution in [0.5, 0.6) is 0 Å². The second-order valence-corrected chi connectivity index (χ2v) is 12.9. The van der Waals surface area contributed by atoms with Gasteiger partial charge in [-0.15, -0.1) is 0 Å². The molecule has 21 heteroatoms. The summed E-state index contributed by atoms with van der Waals surface area (Å²) in [5, 5.41) is 76.4. The summed E-state index contributed by atoms with van der Waals surface area (Å²) >= 11 is 0. The molecule has 2 saturated heterocycles. The van der Waals surface area contributed by atoms with Gasteiger partial charge in [0.2, 0.25) is 5.91 Å². The summed E-state index contributed by atoms with van der Waals surface area (Å²) in [7, 11) is 0. The number of ether oxygens (including phenoxy) is 6. The summed E-state index contributed by atoms with van der Waals surface area (Å²) in [6.45, 7) is -0.412. The van der Waals surface area contributed by atoms with E-state index in [1.165, 1.54) is 0 Å². The van der Waals surface area contributed by atoms with Gasteiger partial charge >= 0.3 is 0 Å². The molecule has 3 aliphatic heterocycles. The second kappa shape index (κ2) is 19.0. The molecule has 17 atom stereocenters. The Morgan fingerprint density at radius 3 is 2.18 bits per heavy atom. The number of nitrogens with zero attached hydrogens (tertiary/aromatic N) is 1. The van der Waals surface area contributed by atoms with Crippen LogP contribution in [0.1, 0.15) is 12.8 Å². The highest BCUT2D eigenvalue weighted by Crippen LogP contribution is 2.37. The molecule has 18 N–H and O–H groups in total. The Labute approximate surface area is 289 Å². The van der Waals surface area contributed by atoms with Crippen molar-refractivity contribution in [1.82, 2.24) is 10.4 Å². The zero-order valence-corrected chi connectivity index (χ0v) is 27.7. The molecule has 0 aromatic rings. The lowest BCUT2D eigenvalue weighted by molar-refractivity contribution is -0.286. The number of carbonyl (C=O) groups excluding carboxylic acids is 1. The first-order valence-electron chi connectivity index (χ1n) is 16.8. The van der Waals surface area contributed by atoms with Gasteiger partial charge in [0.25, 0.3) is 0 Å². The monoisotopic (exact) mass is 725 g/mol. The van der Waals surface area contributed by atoms with Crippen LogP contribution in [-0.4, -0.2) is 191 Å². The van der Waals surface area contributed by atoms with E-state index in [2.05, 4.69) is 5.32 Å². The molecule has 0 spiro atoms. The van der Waals surface area contributed by atoms with Crippen LogP contribution in [0.2, 0.25) is 0 Å². The second-order valence-electron chi connectivity index (χ2n) is 12.9. The van der Waals surface area contributed by atoms with Crippen molar-refractivity contribution in [2.24, 2.45) is 34.6 Å². The van der Waals surface area contributed by atoms with Gasteiger partial charge in [-0.25, -0.2) is 5.06 Å². The van der Waals surface area contributed by atoms with Crippen molar-refractivity contribution in [2.75, 3.05) is 45.9 Å². The Morgan fingerprint density at radius 2 is 1.52 bits per heavy atom. The number of carbonyl (C=O) groups is 1. The van der Waals surface area contributed by atoms with E-state index in [4.69, 9.17) is 62.2 Å². The van der Waals surface area contributed by atoms with Crippen LogP contribution in [0, 0.1) is 5.92 Å². The average Bonchev–Trinajstić information content (AvgIpc) is 3.39. The van der Waals surface area contributed by atoms with Crippen LogP contribution < -0.4 is 34.0 Å². The van der Waals surface area contributed by atoms with Crippen molar-refractivity contribution in [1.29, 1.82) is 0 Å². The lowest BCUT2D eigenvalue weighted by Crippen LogP contribution is -2.64. The molecule has 3 heterocycles. The molecule has 290 valence electrons. The third kappa shape index (κ3) is 9.70. The van der Waals surface area contributed by atoms with Crippen LogP contribution in [0.15, 0.2) is 12.2 Å². The smallest absolute Gasteiger partial charge is 0.246 e. The Bertz CT molecular complexity index is 1090. The van der Waals surface area contributed by atoms with Gasteiger partial charge in [-0.3, -0.25) is 10.0 Å². The van der Waals surface area contributed by atoms with Crippen molar-refractivity contribution in [3.8, 4) is 0 Å². The van der Waals surface area contributed by atoms with Crippen molar-refractivity contribution in [3.05, 3.63) is 12.2 Å². The number of nitrogens with two attached hydrogens (primary N) is 5. The molecule has 0 unspecified atom stereocenters. The molecule has 0 aromatic carbocycles. The fourth-order valence-corrected chi connectivity index (χ4v) is 6.53. The van der Waals surface area contributed by atoms with Crippen molar-refractivity contribution in [3.63, 3.8) is 0 Å². The number of aliphatic hydroxyl groups excluding tert-OH is 6. The van der Waals surface area contributed by atoms with E-state index < -0.39 is 116 Å². The molecule has 21 nitrogen and oxygen atoms in total. The quantitative estimate of drug-likeness (QED) is 0.0304. The van der Waals surface area contributed by atoms with E-state index in [-0.39, 0.29) is 39.1 Å². The topological polar surface area (TPSA) is 359 Å². The number of rotatable bonds is 16. The first kappa shape index (κ1) is 41.2. The molecule has 4 aliphatic rings. The van der Waals surface area contributed by atoms with Crippen LogP contribution in [0.25, 0.3) is 0 Å². The van der Waals surface area contributed by atoms with E-state index in [0.717, 1.165) is 0 Å². The van der Waals surface area contributed by atoms with Gasteiger partial charge in [0.05, 0.1) is 44.1 Å². The van der Waals surface area contributed by atoms with E-state index in [0.29, 0.717) is 18.2 Å². The summed E-state index contributed by atoms with van der Waals surface area (Å²) in [4.78, 5) is 12.7. The van der Waals surface area contributed by atoms with E-state index >= 15 is 0 Å². The maximum Gasteiger partial charge on any atom is 0.246 e. The van der Waals surface area contributed by atoms with Crippen LogP contribution >= 0.6 is 0 Å². The Kier molecular flexibility index (Phi) is 15.6. The standard InChI is InChI=1S/C29H55N7O14/c30-3-5-36(44)18(39)8-12-7-15(33)24(48-27-14(32)2-1-13(45-27)10-35-4-6-37)26(20(12)40)50-29-23(43)25(17(11-38)47-29)49-28-19(34)22(42)21(41)16(9-31)46-28/h1-2,12-17,19-29,35,37-38,40-44H,3-11,30-34H2/t12-,13-,14+,15-,16-,17+,19+,20-,21+,22+,23+,24+,25+,26+,27+,28+,29-/m0/s1.